The molecule has 1 saturated heterocycles. The zero-order valence-corrected chi connectivity index (χ0v) is 22.9. The van der Waals surface area contributed by atoms with Crippen molar-refractivity contribution < 1.29 is 17.5 Å². The van der Waals surface area contributed by atoms with E-state index in [2.05, 4.69) is 58.2 Å². The Hall–Kier alpha value is -3.37. The first-order valence-electron chi connectivity index (χ1n) is 13.1. The molecule has 1 aliphatic heterocycles. The van der Waals surface area contributed by atoms with Gasteiger partial charge in [0.25, 0.3) is 0 Å². The average molecular weight is 549 g/mol. The van der Waals surface area contributed by atoms with Crippen molar-refractivity contribution in [3.8, 4) is 5.75 Å². The molecule has 0 unspecified atom stereocenters. The maximum Gasteiger partial charge on any atom is 0.246 e. The highest BCUT2D eigenvalue weighted by atomic mass is 32.2. The van der Waals surface area contributed by atoms with Gasteiger partial charge in [0.15, 0.2) is 0 Å². The largest absolute Gasteiger partial charge is 0.492 e. The molecule has 2 heterocycles. The van der Waals surface area contributed by atoms with Gasteiger partial charge in [-0.3, -0.25) is 14.8 Å². The van der Waals surface area contributed by atoms with Crippen LogP contribution in [0.2, 0.25) is 0 Å². The molecule has 5 rings (SSSR count). The number of benzene rings is 3. The van der Waals surface area contributed by atoms with Crippen LogP contribution in [0.4, 0.5) is 4.39 Å². The normalized spacial score (nSPS) is 15.2. The number of halogens is 1. The fourth-order valence-corrected chi connectivity index (χ4v) is 6.36. The molecule has 39 heavy (non-hydrogen) atoms. The topological polar surface area (TPSA) is 66.0 Å². The van der Waals surface area contributed by atoms with Crippen molar-refractivity contribution in [2.24, 2.45) is 0 Å². The maximum atomic E-state index is 14.0. The summed E-state index contributed by atoms with van der Waals surface area (Å²) >= 11 is 0. The highest BCUT2D eigenvalue weighted by Crippen LogP contribution is 2.21. The third-order valence-electron chi connectivity index (χ3n) is 6.96. The molecule has 204 valence electrons. The van der Waals surface area contributed by atoms with Crippen molar-refractivity contribution in [1.82, 2.24) is 19.1 Å². The molecule has 1 aliphatic rings. The Morgan fingerprint density at radius 2 is 1.62 bits per heavy atom. The summed E-state index contributed by atoms with van der Waals surface area (Å²) in [6.45, 7) is 4.69. The summed E-state index contributed by atoms with van der Waals surface area (Å²) in [7, 11) is -1.71. The fourth-order valence-electron chi connectivity index (χ4n) is 4.87. The van der Waals surface area contributed by atoms with Gasteiger partial charge in [0.05, 0.1) is 5.52 Å². The van der Waals surface area contributed by atoms with Crippen LogP contribution in [-0.2, 0) is 23.1 Å². The third-order valence-corrected chi connectivity index (χ3v) is 8.89. The van der Waals surface area contributed by atoms with Crippen LogP contribution in [0.15, 0.2) is 90.0 Å². The Balaban J connectivity index is 1.05. The monoisotopic (exact) mass is 548 g/mol. The van der Waals surface area contributed by atoms with Gasteiger partial charge in [-0.15, -0.1) is 0 Å². The molecule has 0 radical (unpaired) electrons. The molecule has 0 saturated carbocycles. The van der Waals surface area contributed by atoms with E-state index in [1.807, 2.05) is 24.4 Å². The van der Waals surface area contributed by atoms with E-state index in [0.717, 1.165) is 29.7 Å². The molecule has 1 fully saturated rings. The molecular formula is C30H33FN4O3S. The quantitative estimate of drug-likeness (QED) is 0.293. The van der Waals surface area contributed by atoms with Gasteiger partial charge in [0, 0.05) is 57.4 Å². The first-order chi connectivity index (χ1) is 18.9. The van der Waals surface area contributed by atoms with E-state index in [-0.39, 0.29) is 4.90 Å². The van der Waals surface area contributed by atoms with Crippen molar-refractivity contribution in [2.45, 2.75) is 18.0 Å². The molecular weight excluding hydrogens is 515 g/mol. The predicted molar refractivity (Wildman–Crippen MR) is 150 cm³/mol. The summed E-state index contributed by atoms with van der Waals surface area (Å²) in [4.78, 5) is 8.57. The number of pyridine rings is 1. The van der Waals surface area contributed by atoms with Gasteiger partial charge in [-0.25, -0.2) is 12.8 Å². The van der Waals surface area contributed by atoms with Gasteiger partial charge in [0.1, 0.15) is 23.1 Å². The second-order valence-electron chi connectivity index (χ2n) is 9.87. The molecule has 7 nitrogen and oxygen atoms in total. The van der Waals surface area contributed by atoms with Crippen LogP contribution in [-0.4, -0.2) is 73.9 Å². The number of sulfonamides is 1. The molecule has 0 spiro atoms. The number of ether oxygens (including phenoxy) is 1. The Kier molecular flexibility index (Phi) is 8.52. The lowest BCUT2D eigenvalue weighted by molar-refractivity contribution is 0.158. The molecule has 0 amide bonds. The second-order valence-corrected chi connectivity index (χ2v) is 11.8. The SMILES string of the molecule is CN(Cc1ccc(OCCN2CCN(S(=O)(=O)c3ccccc3F)CC2)cc1)Cc1ccc2ncccc2c1. The summed E-state index contributed by atoms with van der Waals surface area (Å²) in [6, 6.07) is 24.1. The predicted octanol–water partition coefficient (Wildman–Crippen LogP) is 4.39. The zero-order chi connectivity index (χ0) is 27.2. The standard InChI is InChI=1S/C30H33FN4O3S/c1-33(23-25-10-13-29-26(21-25)5-4-14-32-29)22-24-8-11-27(12-9-24)38-20-19-34-15-17-35(18-16-34)39(36,37)30-7-3-2-6-28(30)31/h2-14,21H,15-20,22-23H2,1H3. The number of rotatable bonds is 10. The summed E-state index contributed by atoms with van der Waals surface area (Å²) in [6.07, 6.45) is 1.81. The van der Waals surface area contributed by atoms with Crippen molar-refractivity contribution >= 4 is 20.9 Å². The molecule has 1 aromatic heterocycles. The first kappa shape index (κ1) is 27.2. The van der Waals surface area contributed by atoms with Crippen LogP contribution in [0.3, 0.4) is 0 Å². The molecule has 0 N–H and O–H groups in total. The van der Waals surface area contributed by atoms with Gasteiger partial charge in [-0.1, -0.05) is 36.4 Å². The first-order valence-corrected chi connectivity index (χ1v) is 14.5. The van der Waals surface area contributed by atoms with Crippen molar-refractivity contribution in [1.29, 1.82) is 0 Å². The molecule has 0 atom stereocenters. The van der Waals surface area contributed by atoms with Crippen LogP contribution >= 0.6 is 0 Å². The number of fused-ring (bicyclic) bond motifs is 1. The molecule has 4 aromatic rings. The Morgan fingerprint density at radius 1 is 0.897 bits per heavy atom. The van der Waals surface area contributed by atoms with Crippen molar-refractivity contribution in [3.05, 3.63) is 102 Å². The van der Waals surface area contributed by atoms with Crippen LogP contribution in [0.5, 0.6) is 5.75 Å². The zero-order valence-electron chi connectivity index (χ0n) is 22.0. The molecule has 0 bridgehead atoms. The van der Waals surface area contributed by atoms with Crippen LogP contribution in [0, 0.1) is 5.82 Å². The number of hydrogen-bond acceptors (Lipinski definition) is 6. The number of piperazine rings is 1. The smallest absolute Gasteiger partial charge is 0.246 e. The van der Waals surface area contributed by atoms with Gasteiger partial charge in [-0.05, 0) is 60.6 Å². The lowest BCUT2D eigenvalue weighted by atomic mass is 10.1. The van der Waals surface area contributed by atoms with E-state index in [1.54, 1.807) is 6.07 Å². The van der Waals surface area contributed by atoms with Gasteiger partial charge < -0.3 is 4.74 Å². The fraction of sp³-hybridized carbons (Fsp3) is 0.300. The highest BCUT2D eigenvalue weighted by Gasteiger charge is 2.30. The van der Waals surface area contributed by atoms with E-state index in [0.29, 0.717) is 39.3 Å². The number of hydrogen-bond donors (Lipinski definition) is 0. The number of nitrogens with zero attached hydrogens (tertiary/aromatic N) is 4. The molecule has 0 aliphatic carbocycles. The van der Waals surface area contributed by atoms with E-state index in [9.17, 15) is 12.8 Å². The summed E-state index contributed by atoms with van der Waals surface area (Å²) in [5, 5.41) is 1.15. The third kappa shape index (κ3) is 6.80. The van der Waals surface area contributed by atoms with Crippen molar-refractivity contribution in [3.63, 3.8) is 0 Å². The minimum absolute atomic E-state index is 0.261. The minimum Gasteiger partial charge on any atom is -0.492 e. The van der Waals surface area contributed by atoms with Crippen molar-refractivity contribution in [2.75, 3.05) is 46.4 Å². The van der Waals surface area contributed by atoms with Gasteiger partial charge in [-0.2, -0.15) is 4.31 Å². The summed E-state index contributed by atoms with van der Waals surface area (Å²) in [5.41, 5.74) is 3.47. The molecule has 3 aromatic carbocycles. The van der Waals surface area contributed by atoms with Crippen LogP contribution < -0.4 is 4.74 Å². The van der Waals surface area contributed by atoms with Crippen LogP contribution in [0.1, 0.15) is 11.1 Å². The van der Waals surface area contributed by atoms with Crippen LogP contribution in [0.25, 0.3) is 10.9 Å². The van der Waals surface area contributed by atoms with Gasteiger partial charge in [0.2, 0.25) is 10.0 Å². The Bertz CT molecular complexity index is 1510. The Morgan fingerprint density at radius 3 is 2.38 bits per heavy atom. The van der Waals surface area contributed by atoms with E-state index in [1.165, 1.54) is 33.6 Å². The maximum absolute atomic E-state index is 14.0. The second kappa shape index (κ2) is 12.2. The highest BCUT2D eigenvalue weighted by molar-refractivity contribution is 7.89. The van der Waals surface area contributed by atoms with E-state index < -0.39 is 15.8 Å². The van der Waals surface area contributed by atoms with E-state index in [4.69, 9.17) is 4.74 Å². The van der Waals surface area contributed by atoms with E-state index >= 15 is 0 Å². The minimum atomic E-state index is -3.82. The average Bonchev–Trinajstić information content (AvgIpc) is 2.94. The van der Waals surface area contributed by atoms with Gasteiger partial charge >= 0.3 is 0 Å². The Labute approximate surface area is 229 Å². The lowest BCUT2D eigenvalue weighted by Gasteiger charge is -2.33. The molecule has 9 heteroatoms. The summed E-state index contributed by atoms with van der Waals surface area (Å²) in [5.74, 6) is 0.0953. The lowest BCUT2D eigenvalue weighted by Crippen LogP contribution is -2.49. The summed E-state index contributed by atoms with van der Waals surface area (Å²) < 4.78 is 46.9. The number of aromatic nitrogens is 1.